The Bertz CT molecular complexity index is 612. The van der Waals surface area contributed by atoms with Gasteiger partial charge in [0, 0.05) is 6.61 Å². The van der Waals surface area contributed by atoms with Crippen LogP contribution in [-0.4, -0.2) is 22.9 Å². The first-order valence-corrected chi connectivity index (χ1v) is 12.8. The van der Waals surface area contributed by atoms with E-state index in [1.807, 2.05) is 5.57 Å². The molecule has 0 heterocycles. The van der Waals surface area contributed by atoms with Crippen LogP contribution < -0.4 is 0 Å². The van der Waals surface area contributed by atoms with Gasteiger partial charge in [0.15, 0.2) is 0 Å². The number of hydrogen-bond acceptors (Lipinski definition) is 2. The van der Waals surface area contributed by atoms with Gasteiger partial charge in [0.05, 0.1) is 6.10 Å². The predicted molar refractivity (Wildman–Crippen MR) is 120 cm³/mol. The first-order valence-electron chi connectivity index (χ1n) is 12.8. The summed E-state index contributed by atoms with van der Waals surface area (Å²) in [6.45, 7) is 10.2. The molecule has 0 saturated heterocycles. The van der Waals surface area contributed by atoms with Crippen LogP contribution in [0.2, 0.25) is 0 Å². The van der Waals surface area contributed by atoms with Gasteiger partial charge in [-0.1, -0.05) is 52.2 Å². The van der Waals surface area contributed by atoms with Gasteiger partial charge in [-0.25, -0.2) is 0 Å². The molecule has 2 N–H and O–H groups in total. The van der Waals surface area contributed by atoms with Gasteiger partial charge >= 0.3 is 0 Å². The minimum atomic E-state index is -0.0536. The molecule has 3 fully saturated rings. The van der Waals surface area contributed by atoms with Crippen LogP contribution in [-0.2, 0) is 0 Å². The third kappa shape index (κ3) is 3.75. The minimum absolute atomic E-state index is 0.0536. The molecule has 0 radical (unpaired) electrons. The van der Waals surface area contributed by atoms with Crippen molar-refractivity contribution in [3.05, 3.63) is 11.6 Å². The van der Waals surface area contributed by atoms with E-state index in [4.69, 9.17) is 0 Å². The first-order chi connectivity index (χ1) is 13.8. The van der Waals surface area contributed by atoms with E-state index in [0.717, 1.165) is 36.5 Å². The largest absolute Gasteiger partial charge is 0.396 e. The molecule has 0 amide bonds. The van der Waals surface area contributed by atoms with E-state index in [0.29, 0.717) is 29.3 Å². The Balaban J connectivity index is 1.47. The summed E-state index contributed by atoms with van der Waals surface area (Å²) in [6.07, 6.45) is 16.5. The number of fused-ring (bicyclic) bond motifs is 5. The Labute approximate surface area is 179 Å². The van der Waals surface area contributed by atoms with Gasteiger partial charge in [-0.15, -0.1) is 0 Å². The third-order valence-electron chi connectivity index (χ3n) is 10.5. The molecule has 29 heavy (non-hydrogen) atoms. The van der Waals surface area contributed by atoms with Gasteiger partial charge in [-0.2, -0.15) is 0 Å². The highest BCUT2D eigenvalue weighted by Gasteiger charge is 2.58. The number of hydrogen-bond donors (Lipinski definition) is 2. The zero-order valence-corrected chi connectivity index (χ0v) is 19.5. The van der Waals surface area contributed by atoms with Crippen LogP contribution in [0.1, 0.15) is 98.3 Å². The van der Waals surface area contributed by atoms with Crippen molar-refractivity contribution in [1.82, 2.24) is 0 Å². The number of aliphatic hydroxyl groups excluding tert-OH is 2. The zero-order valence-electron chi connectivity index (χ0n) is 19.5. The van der Waals surface area contributed by atoms with Crippen molar-refractivity contribution in [2.24, 2.45) is 46.3 Å². The molecule has 0 aromatic rings. The standard InChI is InChI=1S/C27H46O2/c1-18(17-28)6-5-7-19(2)23-10-11-24-22-9-8-20-16-21(29)12-14-26(20,3)25(22)13-15-27(23,24)4/h9,18-21,23-25,28-29H,5-8,10-17H2,1-4H3/t18-,19-,20+,21+,23-,24+,25+,26+,27-/m1/s1. The van der Waals surface area contributed by atoms with E-state index in [1.54, 1.807) is 0 Å². The smallest absolute Gasteiger partial charge is 0.0543 e. The van der Waals surface area contributed by atoms with Crippen molar-refractivity contribution < 1.29 is 10.2 Å². The van der Waals surface area contributed by atoms with Crippen molar-refractivity contribution in [3.8, 4) is 0 Å². The fourth-order valence-electron chi connectivity index (χ4n) is 8.55. The van der Waals surface area contributed by atoms with Crippen LogP contribution in [0.5, 0.6) is 0 Å². The lowest BCUT2D eigenvalue weighted by atomic mass is 9.47. The summed E-state index contributed by atoms with van der Waals surface area (Å²) in [5.74, 6) is 4.44. The van der Waals surface area contributed by atoms with Crippen LogP contribution in [0.3, 0.4) is 0 Å². The molecule has 0 unspecified atom stereocenters. The van der Waals surface area contributed by atoms with E-state index in [-0.39, 0.29) is 6.10 Å². The van der Waals surface area contributed by atoms with E-state index in [9.17, 15) is 10.2 Å². The summed E-state index contributed by atoms with van der Waals surface area (Å²) in [5, 5.41) is 19.5. The highest BCUT2D eigenvalue weighted by Crippen LogP contribution is 2.66. The van der Waals surface area contributed by atoms with E-state index >= 15 is 0 Å². The molecule has 3 saturated carbocycles. The molecule has 166 valence electrons. The van der Waals surface area contributed by atoms with Crippen LogP contribution in [0.4, 0.5) is 0 Å². The van der Waals surface area contributed by atoms with Crippen molar-refractivity contribution in [3.63, 3.8) is 0 Å². The quantitative estimate of drug-likeness (QED) is 0.507. The molecule has 0 spiro atoms. The lowest BCUT2D eigenvalue weighted by Gasteiger charge is -2.57. The molecule has 2 heteroatoms. The predicted octanol–water partition coefficient (Wildman–Crippen LogP) is 6.36. The van der Waals surface area contributed by atoms with Gasteiger partial charge < -0.3 is 10.2 Å². The van der Waals surface area contributed by atoms with Gasteiger partial charge in [-0.3, -0.25) is 0 Å². The van der Waals surface area contributed by atoms with Crippen molar-refractivity contribution >= 4 is 0 Å². The second kappa shape index (κ2) is 8.30. The summed E-state index contributed by atoms with van der Waals surface area (Å²) in [4.78, 5) is 0. The molecule has 2 nitrogen and oxygen atoms in total. The average molecular weight is 403 g/mol. The SMILES string of the molecule is C[C@@H](CO)CCC[C@@H](C)[C@H]1CC[C@H]2C3=CC[C@H]4C[C@@H](O)CC[C@]4(C)[C@H]3CC[C@]12C. The van der Waals surface area contributed by atoms with Gasteiger partial charge in [0.25, 0.3) is 0 Å². The van der Waals surface area contributed by atoms with Crippen molar-refractivity contribution in [1.29, 1.82) is 0 Å². The normalized spacial score (nSPS) is 46.3. The summed E-state index contributed by atoms with van der Waals surface area (Å²) >= 11 is 0. The van der Waals surface area contributed by atoms with Crippen LogP contribution in [0, 0.1) is 46.3 Å². The maximum atomic E-state index is 10.2. The molecule has 4 rings (SSSR count). The van der Waals surface area contributed by atoms with Gasteiger partial charge in [0.1, 0.15) is 0 Å². The summed E-state index contributed by atoms with van der Waals surface area (Å²) in [6, 6.07) is 0. The highest BCUT2D eigenvalue weighted by molar-refractivity contribution is 5.27. The summed E-state index contributed by atoms with van der Waals surface area (Å²) < 4.78 is 0. The van der Waals surface area contributed by atoms with E-state index < -0.39 is 0 Å². The van der Waals surface area contributed by atoms with Crippen molar-refractivity contribution in [2.75, 3.05) is 6.61 Å². The summed E-state index contributed by atoms with van der Waals surface area (Å²) in [7, 11) is 0. The van der Waals surface area contributed by atoms with Crippen molar-refractivity contribution in [2.45, 2.75) is 104 Å². The maximum absolute atomic E-state index is 10.2. The summed E-state index contributed by atoms with van der Waals surface area (Å²) in [5.41, 5.74) is 2.79. The van der Waals surface area contributed by atoms with E-state index in [1.165, 1.54) is 57.8 Å². The first kappa shape index (κ1) is 21.9. The number of rotatable bonds is 6. The second-order valence-corrected chi connectivity index (χ2v) is 12.1. The molecule has 4 aliphatic carbocycles. The van der Waals surface area contributed by atoms with Gasteiger partial charge in [0.2, 0.25) is 0 Å². The Hall–Kier alpha value is -0.340. The fraction of sp³-hybridized carbons (Fsp3) is 0.926. The molecule has 0 aromatic heterocycles. The molecule has 4 aliphatic rings. The maximum Gasteiger partial charge on any atom is 0.0543 e. The number of allylic oxidation sites excluding steroid dienone is 2. The second-order valence-electron chi connectivity index (χ2n) is 12.1. The molecule has 0 aliphatic heterocycles. The van der Waals surface area contributed by atoms with Crippen LogP contribution in [0.15, 0.2) is 11.6 Å². The Kier molecular flexibility index (Phi) is 6.26. The monoisotopic (exact) mass is 402 g/mol. The van der Waals surface area contributed by atoms with E-state index in [2.05, 4.69) is 33.8 Å². The molecule has 9 atom stereocenters. The number of aliphatic hydroxyl groups is 2. The zero-order chi connectivity index (χ0) is 20.8. The molecule has 0 aromatic carbocycles. The Morgan fingerprint density at radius 1 is 1.00 bits per heavy atom. The lowest BCUT2D eigenvalue weighted by molar-refractivity contribution is -0.0427. The fourth-order valence-corrected chi connectivity index (χ4v) is 8.55. The highest BCUT2D eigenvalue weighted by atomic mass is 16.3. The minimum Gasteiger partial charge on any atom is -0.396 e. The average Bonchev–Trinajstić information content (AvgIpc) is 3.05. The van der Waals surface area contributed by atoms with Crippen LogP contribution >= 0.6 is 0 Å². The lowest BCUT2D eigenvalue weighted by Crippen LogP contribution is -2.49. The van der Waals surface area contributed by atoms with Gasteiger partial charge in [-0.05, 0) is 104 Å². The van der Waals surface area contributed by atoms with Crippen LogP contribution in [0.25, 0.3) is 0 Å². The molecule has 0 bridgehead atoms. The topological polar surface area (TPSA) is 40.5 Å². The third-order valence-corrected chi connectivity index (χ3v) is 10.5. The molecular formula is C27H46O2. The Morgan fingerprint density at radius 3 is 2.48 bits per heavy atom. The molecular weight excluding hydrogens is 356 g/mol. The Morgan fingerprint density at radius 2 is 1.72 bits per heavy atom.